The van der Waals surface area contributed by atoms with Crippen molar-refractivity contribution in [3.05, 3.63) is 56.7 Å². The summed E-state index contributed by atoms with van der Waals surface area (Å²) < 4.78 is 0.699. The summed E-state index contributed by atoms with van der Waals surface area (Å²) in [6.07, 6.45) is -0.593. The van der Waals surface area contributed by atoms with Gasteiger partial charge in [0.25, 0.3) is 0 Å². The first-order valence-corrected chi connectivity index (χ1v) is 6.57. The van der Waals surface area contributed by atoms with Crippen LogP contribution in [-0.2, 0) is 6.54 Å². The van der Waals surface area contributed by atoms with E-state index in [-0.39, 0.29) is 0 Å². The van der Waals surface area contributed by atoms with Gasteiger partial charge in [-0.2, -0.15) is 0 Å². The first-order valence-electron chi connectivity index (χ1n) is 5.37. The highest BCUT2D eigenvalue weighted by atomic mass is 35.5. The molecule has 0 spiro atoms. The Morgan fingerprint density at radius 2 is 2.18 bits per heavy atom. The van der Waals surface area contributed by atoms with E-state index in [4.69, 9.17) is 11.6 Å². The van der Waals surface area contributed by atoms with Gasteiger partial charge >= 0.3 is 0 Å². The highest BCUT2D eigenvalue weighted by molar-refractivity contribution is 7.16. The molecule has 0 amide bonds. The summed E-state index contributed by atoms with van der Waals surface area (Å²) in [5.74, 6) is 0. The maximum Gasteiger partial charge on any atom is 0.113 e. The number of hydrogen-bond acceptors (Lipinski definition) is 3. The van der Waals surface area contributed by atoms with Crippen LogP contribution in [0.2, 0.25) is 4.34 Å². The average molecular weight is 268 g/mol. The Kier molecular flexibility index (Phi) is 4.18. The van der Waals surface area contributed by atoms with Gasteiger partial charge in [0.1, 0.15) is 6.10 Å². The van der Waals surface area contributed by atoms with E-state index in [2.05, 4.69) is 5.32 Å². The van der Waals surface area contributed by atoms with Gasteiger partial charge in [0.05, 0.1) is 4.34 Å². The average Bonchev–Trinajstić information content (AvgIpc) is 2.76. The third-order valence-electron chi connectivity index (χ3n) is 2.51. The maximum absolute atomic E-state index is 10.2. The van der Waals surface area contributed by atoms with Gasteiger partial charge in [0, 0.05) is 11.4 Å². The molecule has 0 radical (unpaired) electrons. The molecule has 1 aromatic heterocycles. The fourth-order valence-corrected chi connectivity index (χ4v) is 2.79. The lowest BCUT2D eigenvalue weighted by Crippen LogP contribution is -2.06. The second kappa shape index (κ2) is 5.65. The molecule has 0 aliphatic rings. The first-order chi connectivity index (χ1) is 8.20. The molecule has 0 aliphatic heterocycles. The van der Waals surface area contributed by atoms with Crippen LogP contribution < -0.4 is 5.32 Å². The minimum absolute atomic E-state index is 0.593. The third-order valence-corrected chi connectivity index (χ3v) is 3.79. The van der Waals surface area contributed by atoms with E-state index in [0.29, 0.717) is 4.34 Å². The molecule has 0 aliphatic carbocycles. The van der Waals surface area contributed by atoms with Gasteiger partial charge in [-0.1, -0.05) is 35.9 Å². The lowest BCUT2D eigenvalue weighted by Gasteiger charge is -2.10. The molecule has 17 heavy (non-hydrogen) atoms. The summed E-state index contributed by atoms with van der Waals surface area (Å²) in [7, 11) is 1.90. The fraction of sp³-hybridized carbons (Fsp3) is 0.231. The number of hydrogen-bond donors (Lipinski definition) is 2. The normalized spacial score (nSPS) is 12.6. The Morgan fingerprint density at radius 1 is 1.35 bits per heavy atom. The quantitative estimate of drug-likeness (QED) is 0.892. The van der Waals surface area contributed by atoms with Crippen LogP contribution in [0.25, 0.3) is 0 Å². The van der Waals surface area contributed by atoms with Crippen molar-refractivity contribution < 1.29 is 5.11 Å². The van der Waals surface area contributed by atoms with Crippen LogP contribution in [0.4, 0.5) is 0 Å². The number of aliphatic hydroxyl groups is 1. The van der Waals surface area contributed by atoms with Crippen LogP contribution in [0.5, 0.6) is 0 Å². The Hall–Kier alpha value is -0.870. The molecule has 1 unspecified atom stereocenters. The largest absolute Gasteiger partial charge is 0.383 e. The zero-order valence-corrected chi connectivity index (χ0v) is 11.1. The number of benzene rings is 1. The van der Waals surface area contributed by atoms with E-state index >= 15 is 0 Å². The first kappa shape index (κ1) is 12.6. The number of rotatable bonds is 4. The van der Waals surface area contributed by atoms with Gasteiger partial charge in [0.2, 0.25) is 0 Å². The van der Waals surface area contributed by atoms with E-state index in [9.17, 15) is 5.11 Å². The van der Waals surface area contributed by atoms with Crippen molar-refractivity contribution in [2.45, 2.75) is 12.6 Å². The SMILES string of the molecule is CNCc1cccc(C(O)c2ccc(Cl)s2)c1. The standard InChI is InChI=1S/C13H14ClNOS/c1-15-8-9-3-2-4-10(7-9)13(16)11-5-6-12(14)17-11/h2-7,13,15-16H,8H2,1H3. The minimum atomic E-state index is -0.593. The molecule has 2 nitrogen and oxygen atoms in total. The molecule has 90 valence electrons. The topological polar surface area (TPSA) is 32.3 Å². The molecule has 1 aromatic carbocycles. The van der Waals surface area contributed by atoms with Crippen molar-refractivity contribution in [1.82, 2.24) is 5.32 Å². The second-order valence-corrected chi connectivity index (χ2v) is 5.57. The molecule has 2 rings (SSSR count). The van der Waals surface area contributed by atoms with Crippen LogP contribution in [0.15, 0.2) is 36.4 Å². The Labute approximate surface area is 110 Å². The van der Waals surface area contributed by atoms with Crippen molar-refractivity contribution in [3.8, 4) is 0 Å². The third kappa shape index (κ3) is 3.07. The van der Waals surface area contributed by atoms with Crippen molar-refractivity contribution in [2.75, 3.05) is 7.05 Å². The number of halogens is 1. The van der Waals surface area contributed by atoms with Crippen LogP contribution in [-0.4, -0.2) is 12.2 Å². The Morgan fingerprint density at radius 3 is 2.82 bits per heavy atom. The number of nitrogens with one attached hydrogen (secondary N) is 1. The van der Waals surface area contributed by atoms with Crippen molar-refractivity contribution in [3.63, 3.8) is 0 Å². The zero-order chi connectivity index (χ0) is 12.3. The van der Waals surface area contributed by atoms with E-state index < -0.39 is 6.10 Å². The molecule has 2 N–H and O–H groups in total. The van der Waals surface area contributed by atoms with Crippen molar-refractivity contribution >= 4 is 22.9 Å². The van der Waals surface area contributed by atoms with Crippen LogP contribution >= 0.6 is 22.9 Å². The maximum atomic E-state index is 10.2. The second-order valence-electron chi connectivity index (χ2n) is 3.82. The fourth-order valence-electron chi connectivity index (χ4n) is 1.72. The molecular formula is C13H14ClNOS. The van der Waals surface area contributed by atoms with E-state index in [1.807, 2.05) is 43.4 Å². The van der Waals surface area contributed by atoms with E-state index in [1.165, 1.54) is 11.3 Å². The molecule has 1 atom stereocenters. The minimum Gasteiger partial charge on any atom is -0.383 e. The monoisotopic (exact) mass is 267 g/mol. The number of thiophene rings is 1. The summed E-state index contributed by atoms with van der Waals surface area (Å²) in [5.41, 5.74) is 2.06. The van der Waals surface area contributed by atoms with Crippen LogP contribution in [0.1, 0.15) is 22.1 Å². The lowest BCUT2D eigenvalue weighted by atomic mass is 10.0. The lowest BCUT2D eigenvalue weighted by molar-refractivity contribution is 0.224. The van der Waals surface area contributed by atoms with Gasteiger partial charge in [-0.05, 0) is 30.3 Å². The Bertz CT molecular complexity index is 498. The van der Waals surface area contributed by atoms with Gasteiger partial charge in [-0.3, -0.25) is 0 Å². The predicted octanol–water partition coefficient (Wildman–Crippen LogP) is 3.20. The van der Waals surface area contributed by atoms with Crippen molar-refractivity contribution in [2.24, 2.45) is 0 Å². The zero-order valence-electron chi connectivity index (χ0n) is 9.48. The van der Waals surface area contributed by atoms with Crippen LogP contribution in [0, 0.1) is 0 Å². The molecule has 0 saturated heterocycles. The van der Waals surface area contributed by atoms with Gasteiger partial charge < -0.3 is 10.4 Å². The number of aliphatic hydroxyl groups excluding tert-OH is 1. The molecule has 1 heterocycles. The summed E-state index contributed by atoms with van der Waals surface area (Å²) in [6, 6.07) is 11.6. The van der Waals surface area contributed by atoms with Crippen LogP contribution in [0.3, 0.4) is 0 Å². The smallest absolute Gasteiger partial charge is 0.113 e. The van der Waals surface area contributed by atoms with Gasteiger partial charge in [-0.25, -0.2) is 0 Å². The summed E-state index contributed by atoms with van der Waals surface area (Å²) >= 11 is 7.28. The Balaban J connectivity index is 2.24. The summed E-state index contributed by atoms with van der Waals surface area (Å²) in [4.78, 5) is 0.872. The molecular weight excluding hydrogens is 254 g/mol. The predicted molar refractivity (Wildman–Crippen MR) is 72.6 cm³/mol. The molecule has 4 heteroatoms. The van der Waals surface area contributed by atoms with E-state index in [0.717, 1.165) is 22.5 Å². The van der Waals surface area contributed by atoms with Gasteiger partial charge in [-0.15, -0.1) is 11.3 Å². The summed E-state index contributed by atoms with van der Waals surface area (Å²) in [5, 5.41) is 13.3. The molecule has 2 aromatic rings. The summed E-state index contributed by atoms with van der Waals surface area (Å²) in [6.45, 7) is 0.797. The highest BCUT2D eigenvalue weighted by Crippen LogP contribution is 2.31. The molecule has 0 saturated carbocycles. The van der Waals surface area contributed by atoms with E-state index in [1.54, 1.807) is 0 Å². The molecule has 0 fully saturated rings. The molecule has 0 bridgehead atoms. The van der Waals surface area contributed by atoms with Crippen molar-refractivity contribution in [1.29, 1.82) is 0 Å². The van der Waals surface area contributed by atoms with Gasteiger partial charge in [0.15, 0.2) is 0 Å². The highest BCUT2D eigenvalue weighted by Gasteiger charge is 2.12.